The fourth-order valence-corrected chi connectivity index (χ4v) is 3.75. The zero-order valence-corrected chi connectivity index (χ0v) is 20.3. The van der Waals surface area contributed by atoms with Gasteiger partial charge in [0, 0.05) is 19.8 Å². The van der Waals surface area contributed by atoms with Crippen molar-refractivity contribution in [2.24, 2.45) is 0 Å². The molecule has 0 saturated carbocycles. The number of thiocarbonyl (C=S) groups is 1. The fourth-order valence-electron chi connectivity index (χ4n) is 3.05. The van der Waals surface area contributed by atoms with E-state index in [1.54, 1.807) is 6.07 Å². The predicted octanol–water partition coefficient (Wildman–Crippen LogP) is 5.55. The molecule has 2 heterocycles. The Hall–Kier alpha value is -1.80. The Balaban J connectivity index is 1.72. The molecule has 30 heavy (non-hydrogen) atoms. The summed E-state index contributed by atoms with van der Waals surface area (Å²) in [5.41, 5.74) is 4.52. The first-order chi connectivity index (χ1) is 14.2. The second-order valence-electron chi connectivity index (χ2n) is 7.02. The van der Waals surface area contributed by atoms with Crippen LogP contribution in [-0.4, -0.2) is 36.6 Å². The highest BCUT2D eigenvalue weighted by Crippen LogP contribution is 2.25. The average Bonchev–Trinajstić information content (AvgIpc) is 3.18. The highest BCUT2D eigenvalue weighted by molar-refractivity contribution is 7.80. The van der Waals surface area contributed by atoms with E-state index in [9.17, 15) is 0 Å². The summed E-state index contributed by atoms with van der Waals surface area (Å²) in [6.45, 7) is 7.82. The second kappa shape index (κ2) is 9.56. The van der Waals surface area contributed by atoms with Gasteiger partial charge in [0.2, 0.25) is 0 Å². The lowest BCUT2D eigenvalue weighted by atomic mass is 10.2. The largest absolute Gasteiger partial charge is 0.346 e. The predicted molar refractivity (Wildman–Crippen MR) is 128 cm³/mol. The molecule has 0 radical (unpaired) electrons. The van der Waals surface area contributed by atoms with Crippen LogP contribution in [0.5, 0.6) is 0 Å². The van der Waals surface area contributed by atoms with E-state index in [0.717, 1.165) is 34.9 Å². The van der Waals surface area contributed by atoms with Gasteiger partial charge in [0.25, 0.3) is 0 Å². The van der Waals surface area contributed by atoms with Gasteiger partial charge in [-0.2, -0.15) is 10.2 Å². The van der Waals surface area contributed by atoms with E-state index in [1.807, 2.05) is 60.4 Å². The van der Waals surface area contributed by atoms with E-state index in [0.29, 0.717) is 33.3 Å². The minimum atomic E-state index is 0.507. The summed E-state index contributed by atoms with van der Waals surface area (Å²) in [5, 5.41) is 14.7. The van der Waals surface area contributed by atoms with Gasteiger partial charge in [0.05, 0.1) is 45.2 Å². The maximum atomic E-state index is 6.28. The quantitative estimate of drug-likeness (QED) is 0.464. The summed E-state index contributed by atoms with van der Waals surface area (Å²) in [7, 11) is 1.90. The maximum absolute atomic E-state index is 6.28. The molecule has 3 rings (SSSR count). The third-order valence-corrected chi connectivity index (χ3v) is 6.24. The summed E-state index contributed by atoms with van der Waals surface area (Å²) < 4.78 is 3.73. The highest BCUT2D eigenvalue weighted by atomic mass is 35.5. The molecule has 1 aromatic carbocycles. The lowest BCUT2D eigenvalue weighted by Gasteiger charge is -2.20. The van der Waals surface area contributed by atoms with Crippen LogP contribution in [0.3, 0.4) is 0 Å². The van der Waals surface area contributed by atoms with Crippen LogP contribution in [0.2, 0.25) is 15.1 Å². The zero-order valence-electron chi connectivity index (χ0n) is 17.2. The Morgan fingerprint density at radius 1 is 1.13 bits per heavy atom. The Morgan fingerprint density at radius 2 is 1.87 bits per heavy atom. The minimum absolute atomic E-state index is 0.507. The third kappa shape index (κ3) is 5.09. The fraction of sp³-hybridized carbons (Fsp3) is 0.350. The van der Waals surface area contributed by atoms with Crippen LogP contribution in [0.25, 0.3) is 0 Å². The van der Waals surface area contributed by atoms with Gasteiger partial charge in [-0.15, -0.1) is 0 Å². The van der Waals surface area contributed by atoms with Gasteiger partial charge in [-0.1, -0.05) is 40.9 Å². The first-order valence-electron chi connectivity index (χ1n) is 9.41. The molecule has 0 aliphatic carbocycles. The van der Waals surface area contributed by atoms with Crippen LogP contribution in [0.4, 0.5) is 5.69 Å². The van der Waals surface area contributed by atoms with Crippen molar-refractivity contribution in [2.75, 3.05) is 12.4 Å². The molecule has 0 atom stereocenters. The number of aryl methyl sites for hydroxylation is 2. The van der Waals surface area contributed by atoms with Gasteiger partial charge < -0.3 is 10.2 Å². The number of hydrogen-bond donors (Lipinski definition) is 1. The van der Waals surface area contributed by atoms with Gasteiger partial charge in [0.1, 0.15) is 5.69 Å². The summed E-state index contributed by atoms with van der Waals surface area (Å²) in [4.78, 5) is 1.90. The number of hydrogen-bond acceptors (Lipinski definition) is 3. The normalized spacial score (nSPS) is 11.0. The molecule has 10 heteroatoms. The number of anilines is 1. The molecule has 0 aliphatic rings. The Kier molecular flexibility index (Phi) is 7.29. The van der Waals surface area contributed by atoms with Crippen LogP contribution in [0.1, 0.15) is 29.6 Å². The van der Waals surface area contributed by atoms with Crippen molar-refractivity contribution >= 4 is 57.8 Å². The van der Waals surface area contributed by atoms with E-state index < -0.39 is 0 Å². The van der Waals surface area contributed by atoms with E-state index >= 15 is 0 Å². The second-order valence-corrected chi connectivity index (χ2v) is 8.63. The standard InChI is InChI=1S/C20H23Cl3N6S/c1-5-28-10-17(23)18(26-28)11-27(4)20(30)24-19-12(2)25-29(13(19)3)9-14-6-7-15(21)16(22)8-14/h6-8,10H,5,9,11H2,1-4H3,(H,24,30). The van der Waals surface area contributed by atoms with Crippen molar-refractivity contribution in [3.8, 4) is 0 Å². The first kappa shape index (κ1) is 22.9. The van der Waals surface area contributed by atoms with Crippen LogP contribution in [0.15, 0.2) is 24.4 Å². The molecular formula is C20H23Cl3N6S. The van der Waals surface area contributed by atoms with Crippen molar-refractivity contribution in [3.05, 3.63) is 62.1 Å². The number of aromatic nitrogens is 4. The first-order valence-corrected chi connectivity index (χ1v) is 11.0. The number of halogens is 3. The molecule has 2 aromatic heterocycles. The number of rotatable bonds is 6. The zero-order chi connectivity index (χ0) is 22.0. The Morgan fingerprint density at radius 3 is 2.50 bits per heavy atom. The van der Waals surface area contributed by atoms with E-state index in [-0.39, 0.29) is 0 Å². The van der Waals surface area contributed by atoms with Gasteiger partial charge in [-0.3, -0.25) is 9.36 Å². The molecule has 0 bridgehead atoms. The molecule has 0 amide bonds. The molecule has 160 valence electrons. The van der Waals surface area contributed by atoms with Crippen LogP contribution in [0, 0.1) is 13.8 Å². The van der Waals surface area contributed by atoms with E-state index in [1.165, 1.54) is 0 Å². The third-order valence-electron chi connectivity index (χ3n) is 4.77. The van der Waals surface area contributed by atoms with Gasteiger partial charge in [-0.25, -0.2) is 0 Å². The number of benzene rings is 1. The Labute approximate surface area is 196 Å². The lowest BCUT2D eigenvalue weighted by Crippen LogP contribution is -2.31. The number of nitrogens with zero attached hydrogens (tertiary/aromatic N) is 5. The summed E-state index contributed by atoms with van der Waals surface area (Å²) in [5.74, 6) is 0. The van der Waals surface area contributed by atoms with E-state index in [4.69, 9.17) is 47.0 Å². The van der Waals surface area contributed by atoms with Gasteiger partial charge >= 0.3 is 0 Å². The Bertz CT molecular complexity index is 1070. The molecule has 6 nitrogen and oxygen atoms in total. The van der Waals surface area contributed by atoms with E-state index in [2.05, 4.69) is 15.5 Å². The van der Waals surface area contributed by atoms with Crippen molar-refractivity contribution in [2.45, 2.75) is 40.4 Å². The average molecular weight is 486 g/mol. The molecule has 3 aromatic rings. The number of nitrogens with one attached hydrogen (secondary N) is 1. The van der Waals surface area contributed by atoms with Crippen molar-refractivity contribution in [1.82, 2.24) is 24.5 Å². The highest BCUT2D eigenvalue weighted by Gasteiger charge is 2.17. The smallest absolute Gasteiger partial charge is 0.173 e. The lowest BCUT2D eigenvalue weighted by molar-refractivity contribution is 0.492. The van der Waals surface area contributed by atoms with Crippen LogP contribution >= 0.6 is 47.0 Å². The SMILES string of the molecule is CCn1cc(Cl)c(CN(C)C(=S)Nc2c(C)nn(Cc3ccc(Cl)c(Cl)c3)c2C)n1. The topological polar surface area (TPSA) is 50.9 Å². The van der Waals surface area contributed by atoms with Crippen LogP contribution in [-0.2, 0) is 19.6 Å². The molecule has 0 fully saturated rings. The van der Waals surface area contributed by atoms with Crippen molar-refractivity contribution < 1.29 is 0 Å². The monoisotopic (exact) mass is 484 g/mol. The molecule has 0 aliphatic heterocycles. The molecule has 0 spiro atoms. The summed E-state index contributed by atoms with van der Waals surface area (Å²) >= 11 is 24.0. The molecule has 0 saturated heterocycles. The van der Waals surface area contributed by atoms with Gasteiger partial charge in [0.15, 0.2) is 5.11 Å². The van der Waals surface area contributed by atoms with Gasteiger partial charge in [-0.05, 0) is 50.7 Å². The molecule has 1 N–H and O–H groups in total. The maximum Gasteiger partial charge on any atom is 0.173 e. The minimum Gasteiger partial charge on any atom is -0.346 e. The van der Waals surface area contributed by atoms with Crippen molar-refractivity contribution in [1.29, 1.82) is 0 Å². The molecular weight excluding hydrogens is 463 g/mol. The molecule has 0 unspecified atom stereocenters. The summed E-state index contributed by atoms with van der Waals surface area (Å²) in [6, 6.07) is 5.58. The summed E-state index contributed by atoms with van der Waals surface area (Å²) in [6.07, 6.45) is 1.82. The van der Waals surface area contributed by atoms with Crippen LogP contribution < -0.4 is 5.32 Å². The van der Waals surface area contributed by atoms with Crippen molar-refractivity contribution in [3.63, 3.8) is 0 Å².